The Labute approximate surface area is 157 Å². The van der Waals surface area contributed by atoms with Crippen molar-refractivity contribution in [2.75, 3.05) is 6.61 Å². The zero-order valence-electron chi connectivity index (χ0n) is 13.8. The second kappa shape index (κ2) is 7.35. The van der Waals surface area contributed by atoms with E-state index >= 15 is 0 Å². The molecular weight excluding hydrogens is 378 g/mol. The molecule has 25 heavy (non-hydrogen) atoms. The molecular formula is C18H17Cl2N2O2P. The largest absolute Gasteiger partial charge is 0.364 e. The first-order chi connectivity index (χ1) is 11.9. The minimum Gasteiger partial charge on any atom is -0.364 e. The van der Waals surface area contributed by atoms with Crippen LogP contribution in [0.4, 0.5) is 0 Å². The molecule has 0 saturated carbocycles. The molecule has 1 aromatic heterocycles. The molecule has 0 radical (unpaired) electrons. The Morgan fingerprint density at radius 3 is 2.60 bits per heavy atom. The summed E-state index contributed by atoms with van der Waals surface area (Å²) in [6, 6.07) is 11.2. The van der Waals surface area contributed by atoms with E-state index in [1.165, 1.54) is 0 Å². The fraction of sp³-hybridized carbons (Fsp3) is 0.167. The maximum atomic E-state index is 12.0. The van der Waals surface area contributed by atoms with Crippen LogP contribution in [0.3, 0.4) is 0 Å². The summed E-state index contributed by atoms with van der Waals surface area (Å²) in [5.74, 6) is -0.534. The lowest BCUT2D eigenvalue weighted by Crippen LogP contribution is -2.24. The number of benzene rings is 2. The monoisotopic (exact) mass is 394 g/mol. The van der Waals surface area contributed by atoms with Gasteiger partial charge in [0.1, 0.15) is 5.69 Å². The average molecular weight is 395 g/mol. The Hall–Kier alpha value is -1.58. The first kappa shape index (κ1) is 18.2. The number of hydrogen-bond acceptors (Lipinski definition) is 2. The quantitative estimate of drug-likeness (QED) is 0.634. The van der Waals surface area contributed by atoms with Gasteiger partial charge >= 0.3 is 0 Å². The number of rotatable bonds is 5. The van der Waals surface area contributed by atoms with Gasteiger partial charge in [-0.1, -0.05) is 23.2 Å². The standard InChI is InChI=1S/C18H17Cl2N2O2P/c1-3-24-25(13-7-10(2)6-12(20)8-13)17-14-9-11(19)4-5-15(14)22-16(17)18(21)23/h4-9,22H,3H2,1-2H3,(H2,21,23). The van der Waals surface area contributed by atoms with E-state index in [9.17, 15) is 4.79 Å². The van der Waals surface area contributed by atoms with E-state index in [1.807, 2.05) is 44.2 Å². The second-order valence-corrected chi connectivity index (χ2v) is 8.29. The molecule has 7 heteroatoms. The second-order valence-electron chi connectivity index (χ2n) is 5.60. The van der Waals surface area contributed by atoms with Crippen LogP contribution in [0.15, 0.2) is 36.4 Å². The lowest BCUT2D eigenvalue weighted by molar-refractivity contribution is 0.0997. The van der Waals surface area contributed by atoms with Crippen molar-refractivity contribution >= 4 is 58.8 Å². The summed E-state index contributed by atoms with van der Waals surface area (Å²) in [4.78, 5) is 15.1. The number of aromatic nitrogens is 1. The van der Waals surface area contributed by atoms with Gasteiger partial charge in [-0.3, -0.25) is 4.79 Å². The highest BCUT2D eigenvalue weighted by Gasteiger charge is 2.26. The van der Waals surface area contributed by atoms with Crippen LogP contribution in [0.25, 0.3) is 10.9 Å². The van der Waals surface area contributed by atoms with Gasteiger partial charge in [-0.15, -0.1) is 0 Å². The Balaban J connectivity index is 2.30. The van der Waals surface area contributed by atoms with Gasteiger partial charge in [0.15, 0.2) is 0 Å². The molecule has 0 aliphatic carbocycles. The Kier molecular flexibility index (Phi) is 5.35. The van der Waals surface area contributed by atoms with Gasteiger partial charge in [-0.05, 0) is 55.8 Å². The molecule has 1 amide bonds. The normalized spacial score (nSPS) is 12.5. The molecule has 0 saturated heterocycles. The maximum Gasteiger partial charge on any atom is 0.265 e. The zero-order chi connectivity index (χ0) is 18.1. The summed E-state index contributed by atoms with van der Waals surface area (Å²) in [7, 11) is -1.29. The van der Waals surface area contributed by atoms with Crippen molar-refractivity contribution in [3.8, 4) is 0 Å². The third kappa shape index (κ3) is 3.68. The Morgan fingerprint density at radius 2 is 1.96 bits per heavy atom. The van der Waals surface area contributed by atoms with Crippen molar-refractivity contribution < 1.29 is 9.32 Å². The molecule has 3 rings (SSSR count). The SMILES string of the molecule is CCOP(c1cc(C)cc(Cl)c1)c1c(C(N)=O)[nH]c2ccc(Cl)cc12. The van der Waals surface area contributed by atoms with Crippen molar-refractivity contribution in [3.63, 3.8) is 0 Å². The van der Waals surface area contributed by atoms with Gasteiger partial charge in [-0.25, -0.2) is 0 Å². The third-order valence-electron chi connectivity index (χ3n) is 3.70. The van der Waals surface area contributed by atoms with Crippen LogP contribution in [-0.4, -0.2) is 17.5 Å². The van der Waals surface area contributed by atoms with Crippen molar-refractivity contribution in [1.29, 1.82) is 0 Å². The number of amides is 1. The zero-order valence-corrected chi connectivity index (χ0v) is 16.2. The highest BCUT2D eigenvalue weighted by Crippen LogP contribution is 2.40. The molecule has 3 aromatic rings. The molecule has 0 aliphatic rings. The predicted molar refractivity (Wildman–Crippen MR) is 106 cm³/mol. The third-order valence-corrected chi connectivity index (χ3v) is 6.27. The lowest BCUT2D eigenvalue weighted by atomic mass is 10.2. The van der Waals surface area contributed by atoms with E-state index in [-0.39, 0.29) is 0 Å². The van der Waals surface area contributed by atoms with Crippen molar-refractivity contribution in [2.24, 2.45) is 5.73 Å². The maximum absolute atomic E-state index is 12.0. The van der Waals surface area contributed by atoms with Gasteiger partial charge in [0.2, 0.25) is 0 Å². The van der Waals surface area contributed by atoms with Gasteiger partial charge in [0.05, 0.1) is 8.15 Å². The molecule has 1 heterocycles. The van der Waals surface area contributed by atoms with Gasteiger partial charge in [0, 0.05) is 38.2 Å². The van der Waals surface area contributed by atoms with Gasteiger partial charge < -0.3 is 15.2 Å². The molecule has 2 aromatic carbocycles. The molecule has 3 N–H and O–H groups in total. The summed E-state index contributed by atoms with van der Waals surface area (Å²) < 4.78 is 6.06. The molecule has 4 nitrogen and oxygen atoms in total. The van der Waals surface area contributed by atoms with Crippen molar-refractivity contribution in [1.82, 2.24) is 4.98 Å². The Morgan fingerprint density at radius 1 is 1.20 bits per heavy atom. The van der Waals surface area contributed by atoms with E-state index in [2.05, 4.69) is 4.98 Å². The number of carbonyl (C=O) groups excluding carboxylic acids is 1. The number of hydrogen-bond donors (Lipinski definition) is 2. The minimum atomic E-state index is -1.29. The van der Waals surface area contributed by atoms with E-state index < -0.39 is 14.1 Å². The summed E-state index contributed by atoms with van der Waals surface area (Å²) >= 11 is 12.4. The molecule has 130 valence electrons. The van der Waals surface area contributed by atoms with E-state index in [1.54, 1.807) is 6.07 Å². The molecule has 1 unspecified atom stereocenters. The number of fused-ring (bicyclic) bond motifs is 1. The number of carbonyl (C=O) groups is 1. The van der Waals surface area contributed by atoms with Crippen LogP contribution in [0.5, 0.6) is 0 Å². The van der Waals surface area contributed by atoms with Crippen molar-refractivity contribution in [3.05, 3.63) is 57.7 Å². The van der Waals surface area contributed by atoms with Crippen LogP contribution in [-0.2, 0) is 4.52 Å². The van der Waals surface area contributed by atoms with E-state index in [0.717, 1.165) is 27.1 Å². The van der Waals surface area contributed by atoms with E-state index in [4.69, 9.17) is 33.5 Å². The molecule has 0 aliphatic heterocycles. The van der Waals surface area contributed by atoms with Gasteiger partial charge in [-0.2, -0.15) is 0 Å². The number of nitrogens with two attached hydrogens (primary N) is 1. The summed E-state index contributed by atoms with van der Waals surface area (Å²) in [6.07, 6.45) is 0. The first-order valence-corrected chi connectivity index (χ1v) is 9.73. The molecule has 0 bridgehead atoms. The topological polar surface area (TPSA) is 68.1 Å². The average Bonchev–Trinajstić information content (AvgIpc) is 2.90. The van der Waals surface area contributed by atoms with Crippen LogP contribution >= 0.6 is 31.4 Å². The fourth-order valence-corrected chi connectivity index (χ4v) is 5.45. The number of H-pyrrole nitrogens is 1. The van der Waals surface area contributed by atoms with Crippen LogP contribution < -0.4 is 16.3 Å². The minimum absolute atomic E-state index is 0.342. The van der Waals surface area contributed by atoms with Crippen LogP contribution in [0, 0.1) is 6.92 Å². The van der Waals surface area contributed by atoms with Crippen LogP contribution in [0.1, 0.15) is 23.0 Å². The highest BCUT2D eigenvalue weighted by atomic mass is 35.5. The smallest absolute Gasteiger partial charge is 0.265 e. The predicted octanol–water partition coefficient (Wildman–Crippen LogP) is 4.27. The number of aryl methyl sites for hydroxylation is 1. The van der Waals surface area contributed by atoms with Gasteiger partial charge in [0.25, 0.3) is 5.91 Å². The number of primary amides is 1. The van der Waals surface area contributed by atoms with Crippen LogP contribution in [0.2, 0.25) is 10.0 Å². The lowest BCUT2D eigenvalue weighted by Gasteiger charge is -2.19. The number of aromatic amines is 1. The van der Waals surface area contributed by atoms with E-state index in [0.29, 0.717) is 22.3 Å². The summed E-state index contributed by atoms with van der Waals surface area (Å²) in [5, 5.41) is 3.70. The summed E-state index contributed by atoms with van der Waals surface area (Å²) in [6.45, 7) is 4.37. The van der Waals surface area contributed by atoms with Crippen molar-refractivity contribution in [2.45, 2.75) is 13.8 Å². The molecule has 0 spiro atoms. The number of halogens is 2. The summed E-state index contributed by atoms with van der Waals surface area (Å²) in [5.41, 5.74) is 7.77. The first-order valence-electron chi connectivity index (χ1n) is 7.72. The highest BCUT2D eigenvalue weighted by molar-refractivity contribution is 7.69. The molecule has 1 atom stereocenters. The fourth-order valence-electron chi connectivity index (χ4n) is 2.77. The number of nitrogens with one attached hydrogen (secondary N) is 1. The Bertz CT molecular complexity index is 935. The molecule has 0 fully saturated rings.